The summed E-state index contributed by atoms with van der Waals surface area (Å²) < 4.78 is 15.0. The molecule has 8 heteroatoms. The van der Waals surface area contributed by atoms with E-state index in [1.165, 1.54) is 17.7 Å². The highest BCUT2D eigenvalue weighted by Crippen LogP contribution is 2.30. The second kappa shape index (κ2) is 9.76. The van der Waals surface area contributed by atoms with Gasteiger partial charge in [-0.2, -0.15) is 5.10 Å². The first-order valence-corrected chi connectivity index (χ1v) is 12.1. The highest BCUT2D eigenvalue weighted by molar-refractivity contribution is 6.31. The number of benzene rings is 2. The average Bonchev–Trinajstić information content (AvgIpc) is 3.17. The Morgan fingerprint density at radius 1 is 1.03 bits per heavy atom. The summed E-state index contributed by atoms with van der Waals surface area (Å²) in [6.07, 6.45) is 1.78. The quantitative estimate of drug-likeness (QED) is 0.400. The number of pyridine rings is 1. The molecule has 4 aromatic rings. The number of fused-ring (bicyclic) bond motifs is 1. The molecule has 1 amide bonds. The van der Waals surface area contributed by atoms with E-state index in [4.69, 9.17) is 11.6 Å². The number of carbonyl (C=O) groups is 1. The lowest BCUT2D eigenvalue weighted by molar-refractivity contribution is -0.133. The molecule has 1 aliphatic rings. The maximum atomic E-state index is 13.3. The second-order valence-corrected chi connectivity index (χ2v) is 9.47. The van der Waals surface area contributed by atoms with Crippen LogP contribution in [-0.4, -0.2) is 56.7 Å². The number of hydrogen-bond donors (Lipinski definition) is 0. The van der Waals surface area contributed by atoms with Gasteiger partial charge in [-0.3, -0.25) is 9.69 Å². The maximum Gasteiger partial charge on any atom is 0.244 e. The molecule has 2 aromatic heterocycles. The van der Waals surface area contributed by atoms with E-state index in [1.807, 2.05) is 17.9 Å². The van der Waals surface area contributed by atoms with Gasteiger partial charge in [0.1, 0.15) is 12.4 Å². The van der Waals surface area contributed by atoms with Gasteiger partial charge in [0.05, 0.1) is 5.69 Å². The summed E-state index contributed by atoms with van der Waals surface area (Å²) in [5.74, 6) is -0.313. The van der Waals surface area contributed by atoms with Crippen LogP contribution >= 0.6 is 11.6 Å². The Hall–Kier alpha value is -3.29. The van der Waals surface area contributed by atoms with Crippen LogP contribution in [0.5, 0.6) is 0 Å². The molecular formula is C27H27ClFN5O. The molecule has 0 unspecified atom stereocenters. The van der Waals surface area contributed by atoms with Crippen molar-refractivity contribution in [2.75, 3.05) is 26.2 Å². The van der Waals surface area contributed by atoms with Crippen LogP contribution in [0, 0.1) is 19.7 Å². The molecule has 6 nitrogen and oxygen atoms in total. The van der Waals surface area contributed by atoms with E-state index in [0.717, 1.165) is 46.5 Å². The molecule has 0 spiro atoms. The molecular weight excluding hydrogens is 465 g/mol. The largest absolute Gasteiger partial charge is 0.339 e. The minimum atomic E-state index is -0.337. The zero-order valence-corrected chi connectivity index (χ0v) is 20.6. The lowest BCUT2D eigenvalue weighted by Gasteiger charge is -2.35. The normalized spacial score (nSPS) is 14.6. The van der Waals surface area contributed by atoms with Crippen LogP contribution < -0.4 is 0 Å². The van der Waals surface area contributed by atoms with Gasteiger partial charge in [-0.25, -0.2) is 14.1 Å². The molecule has 180 valence electrons. The van der Waals surface area contributed by atoms with Crippen LogP contribution in [0.1, 0.15) is 16.8 Å². The summed E-state index contributed by atoms with van der Waals surface area (Å²) in [5.41, 5.74) is 5.85. The van der Waals surface area contributed by atoms with Crippen LogP contribution in [0.15, 0.2) is 54.7 Å². The number of nitrogens with zero attached hydrogens (tertiary/aromatic N) is 5. The molecule has 35 heavy (non-hydrogen) atoms. The van der Waals surface area contributed by atoms with E-state index in [1.54, 1.807) is 16.9 Å². The number of halogens is 2. The predicted octanol–water partition coefficient (Wildman–Crippen LogP) is 4.85. The Morgan fingerprint density at radius 2 is 1.77 bits per heavy atom. The van der Waals surface area contributed by atoms with E-state index in [2.05, 4.69) is 46.2 Å². The third-order valence-corrected chi connectivity index (χ3v) is 6.94. The maximum absolute atomic E-state index is 13.3. The molecule has 0 radical (unpaired) electrons. The molecule has 1 aliphatic heterocycles. The third-order valence-electron chi connectivity index (χ3n) is 6.59. The average molecular weight is 492 g/mol. The van der Waals surface area contributed by atoms with Gasteiger partial charge in [0, 0.05) is 49.3 Å². The first-order chi connectivity index (χ1) is 16.9. The van der Waals surface area contributed by atoms with Crippen LogP contribution in [0.4, 0.5) is 4.39 Å². The number of hydrogen-bond acceptors (Lipinski definition) is 4. The number of carbonyl (C=O) groups excluding carboxylic acids is 1. The molecule has 2 aromatic carbocycles. The van der Waals surface area contributed by atoms with Crippen molar-refractivity contribution >= 4 is 28.5 Å². The van der Waals surface area contributed by atoms with E-state index in [0.29, 0.717) is 24.7 Å². The number of aryl methyl sites for hydroxylation is 2. The van der Waals surface area contributed by atoms with Crippen molar-refractivity contribution in [3.05, 3.63) is 82.4 Å². The molecule has 0 atom stereocenters. The summed E-state index contributed by atoms with van der Waals surface area (Å²) in [5, 5.41) is 6.08. The molecule has 1 saturated heterocycles. The van der Waals surface area contributed by atoms with E-state index >= 15 is 0 Å². The molecule has 0 bridgehead atoms. The minimum absolute atomic E-state index is 0.0244. The zero-order chi connectivity index (χ0) is 24.5. The molecule has 5 rings (SSSR count). The second-order valence-electron chi connectivity index (χ2n) is 9.06. The van der Waals surface area contributed by atoms with Gasteiger partial charge in [0.25, 0.3) is 0 Å². The summed E-state index contributed by atoms with van der Waals surface area (Å²) in [6, 6.07) is 14.9. The fraction of sp³-hybridized carbons (Fsp3) is 0.296. The summed E-state index contributed by atoms with van der Waals surface area (Å²) in [6.45, 7) is 7.52. The molecule has 0 saturated carbocycles. The topological polar surface area (TPSA) is 54.3 Å². The van der Waals surface area contributed by atoms with Crippen molar-refractivity contribution in [1.29, 1.82) is 0 Å². The van der Waals surface area contributed by atoms with Crippen molar-refractivity contribution in [2.24, 2.45) is 0 Å². The number of rotatable bonds is 5. The molecule has 0 aliphatic carbocycles. The van der Waals surface area contributed by atoms with Gasteiger partial charge in [-0.05, 0) is 48.7 Å². The Bertz CT molecular complexity index is 1380. The van der Waals surface area contributed by atoms with Gasteiger partial charge in [0.15, 0.2) is 5.65 Å². The van der Waals surface area contributed by atoms with Crippen LogP contribution in [0.3, 0.4) is 0 Å². The Labute approximate surface area is 208 Å². The predicted molar refractivity (Wildman–Crippen MR) is 136 cm³/mol. The lowest BCUT2D eigenvalue weighted by Crippen LogP contribution is -2.49. The fourth-order valence-electron chi connectivity index (χ4n) is 4.64. The number of piperazine rings is 1. The van der Waals surface area contributed by atoms with E-state index in [-0.39, 0.29) is 18.3 Å². The van der Waals surface area contributed by atoms with Crippen LogP contribution in [0.2, 0.25) is 5.02 Å². The molecule has 0 N–H and O–H groups in total. The van der Waals surface area contributed by atoms with Gasteiger partial charge in [0.2, 0.25) is 5.91 Å². The SMILES string of the molecule is Cc1ccc(-c2ccnc3c2c(C)nn3CC(=O)N2CCN(Cc3ccc(F)cc3Cl)CC2)cc1. The lowest BCUT2D eigenvalue weighted by atomic mass is 10.0. The Morgan fingerprint density at radius 3 is 2.49 bits per heavy atom. The van der Waals surface area contributed by atoms with Gasteiger partial charge in [-0.15, -0.1) is 0 Å². The van der Waals surface area contributed by atoms with Gasteiger partial charge < -0.3 is 4.90 Å². The third kappa shape index (κ3) is 4.92. The summed E-state index contributed by atoms with van der Waals surface area (Å²) in [7, 11) is 0. The summed E-state index contributed by atoms with van der Waals surface area (Å²) in [4.78, 5) is 21.8. The zero-order valence-electron chi connectivity index (χ0n) is 19.8. The summed E-state index contributed by atoms with van der Waals surface area (Å²) >= 11 is 6.18. The van der Waals surface area contributed by atoms with Crippen molar-refractivity contribution in [3.63, 3.8) is 0 Å². The van der Waals surface area contributed by atoms with Crippen molar-refractivity contribution in [1.82, 2.24) is 24.6 Å². The van der Waals surface area contributed by atoms with Crippen molar-refractivity contribution in [2.45, 2.75) is 26.9 Å². The first-order valence-electron chi connectivity index (χ1n) is 11.7. The van der Waals surface area contributed by atoms with E-state index in [9.17, 15) is 9.18 Å². The first kappa shape index (κ1) is 23.5. The minimum Gasteiger partial charge on any atom is -0.339 e. The van der Waals surface area contributed by atoms with E-state index < -0.39 is 0 Å². The molecule has 1 fully saturated rings. The Kier molecular flexibility index (Phi) is 6.54. The highest BCUT2D eigenvalue weighted by Gasteiger charge is 2.23. The van der Waals surface area contributed by atoms with Gasteiger partial charge >= 0.3 is 0 Å². The fourth-order valence-corrected chi connectivity index (χ4v) is 4.87. The van der Waals surface area contributed by atoms with Gasteiger partial charge in [-0.1, -0.05) is 47.5 Å². The van der Waals surface area contributed by atoms with Crippen LogP contribution in [-0.2, 0) is 17.9 Å². The monoisotopic (exact) mass is 491 g/mol. The smallest absolute Gasteiger partial charge is 0.244 e. The number of amides is 1. The standard InChI is InChI=1S/C27H27ClFN5O/c1-18-3-5-20(6-4-18)23-9-10-30-27-26(23)19(2)31-34(27)17-25(35)33-13-11-32(12-14-33)16-21-7-8-22(29)15-24(21)28/h3-10,15H,11-14,16-17H2,1-2H3. The van der Waals surface area contributed by atoms with Crippen molar-refractivity contribution in [3.8, 4) is 11.1 Å². The van der Waals surface area contributed by atoms with Crippen molar-refractivity contribution < 1.29 is 9.18 Å². The highest BCUT2D eigenvalue weighted by atomic mass is 35.5. The van der Waals surface area contributed by atoms with Crippen LogP contribution in [0.25, 0.3) is 22.2 Å². The Balaban J connectivity index is 1.27. The molecule has 3 heterocycles. The number of aromatic nitrogens is 3.